The summed E-state index contributed by atoms with van der Waals surface area (Å²) >= 11 is 0. The van der Waals surface area contributed by atoms with Crippen molar-refractivity contribution in [3.8, 4) is 11.4 Å². The maximum Gasteiger partial charge on any atom is 0.407 e. The first kappa shape index (κ1) is 20.1. The fourth-order valence-electron chi connectivity index (χ4n) is 3.01. The molecule has 0 aliphatic heterocycles. The Bertz CT molecular complexity index is 1260. The lowest BCUT2D eigenvalue weighted by atomic mass is 10.1. The van der Waals surface area contributed by atoms with Crippen molar-refractivity contribution >= 4 is 23.3 Å². The maximum absolute atomic E-state index is 12.8. The molecule has 10 nitrogen and oxygen atoms in total. The number of amides is 2. The third-order valence-corrected chi connectivity index (χ3v) is 4.73. The Labute approximate surface area is 177 Å². The molecule has 0 aliphatic carbocycles. The van der Waals surface area contributed by atoms with Crippen molar-refractivity contribution in [1.29, 1.82) is 0 Å². The molecule has 0 bridgehead atoms. The molecule has 4 rings (SSSR count). The fraction of sp³-hybridized carbons (Fsp3) is 0.190. The van der Waals surface area contributed by atoms with Gasteiger partial charge in [0.1, 0.15) is 17.4 Å². The molecule has 0 saturated heterocycles. The highest BCUT2D eigenvalue weighted by Gasteiger charge is 2.19. The van der Waals surface area contributed by atoms with Gasteiger partial charge in [0.25, 0.3) is 5.91 Å². The summed E-state index contributed by atoms with van der Waals surface area (Å²) in [6.45, 7) is 3.59. The molecule has 158 valence electrons. The maximum atomic E-state index is 12.8. The Kier molecular flexibility index (Phi) is 5.35. The lowest BCUT2D eigenvalue weighted by molar-refractivity contribution is 0.102. The van der Waals surface area contributed by atoms with E-state index in [0.717, 1.165) is 5.56 Å². The van der Waals surface area contributed by atoms with Gasteiger partial charge < -0.3 is 19.9 Å². The Hall–Kier alpha value is -4.21. The quantitative estimate of drug-likeness (QED) is 0.507. The Balaban J connectivity index is 1.56. The van der Waals surface area contributed by atoms with Crippen LogP contribution in [0.3, 0.4) is 0 Å². The van der Waals surface area contributed by atoms with Crippen LogP contribution in [0.25, 0.3) is 17.0 Å². The van der Waals surface area contributed by atoms with E-state index in [4.69, 9.17) is 4.52 Å². The lowest BCUT2D eigenvalue weighted by Crippen LogP contribution is -2.26. The van der Waals surface area contributed by atoms with Gasteiger partial charge in [-0.25, -0.2) is 9.78 Å². The molecule has 0 aliphatic rings. The minimum absolute atomic E-state index is 0.234. The SMILES string of the molecule is COC(=O)N[C@H](C)c1nc(-c2ccc(C)c(NC(=O)c3cnc4ccccn34)c2)no1. The zero-order valence-corrected chi connectivity index (χ0v) is 17.1. The van der Waals surface area contributed by atoms with Gasteiger partial charge in [-0.1, -0.05) is 23.4 Å². The first-order chi connectivity index (χ1) is 15.0. The number of hydrogen-bond donors (Lipinski definition) is 2. The summed E-state index contributed by atoms with van der Waals surface area (Å²) in [5.74, 6) is 0.278. The number of fused-ring (bicyclic) bond motifs is 1. The number of carbonyl (C=O) groups excluding carboxylic acids is 2. The fourth-order valence-corrected chi connectivity index (χ4v) is 3.01. The van der Waals surface area contributed by atoms with Gasteiger partial charge in [-0.2, -0.15) is 4.98 Å². The second-order valence-corrected chi connectivity index (χ2v) is 6.87. The van der Waals surface area contributed by atoms with Gasteiger partial charge in [0.2, 0.25) is 11.7 Å². The summed E-state index contributed by atoms with van der Waals surface area (Å²) < 4.78 is 11.5. The number of pyridine rings is 1. The normalized spacial score (nSPS) is 11.8. The number of anilines is 1. The van der Waals surface area contributed by atoms with Crippen molar-refractivity contribution in [3.63, 3.8) is 0 Å². The van der Waals surface area contributed by atoms with E-state index in [1.165, 1.54) is 13.3 Å². The van der Waals surface area contributed by atoms with E-state index in [1.54, 1.807) is 23.6 Å². The number of methoxy groups -OCH3 is 1. The van der Waals surface area contributed by atoms with Gasteiger partial charge in [-0.15, -0.1) is 0 Å². The highest BCUT2D eigenvalue weighted by atomic mass is 16.5. The summed E-state index contributed by atoms with van der Waals surface area (Å²) in [5.41, 5.74) is 3.24. The van der Waals surface area contributed by atoms with Crippen molar-refractivity contribution in [3.05, 3.63) is 65.9 Å². The predicted molar refractivity (Wildman–Crippen MR) is 112 cm³/mol. The Morgan fingerprint density at radius 2 is 2.06 bits per heavy atom. The van der Waals surface area contributed by atoms with E-state index >= 15 is 0 Å². The van der Waals surface area contributed by atoms with Crippen LogP contribution in [0.15, 0.2) is 53.3 Å². The Morgan fingerprint density at radius 1 is 1.23 bits per heavy atom. The van der Waals surface area contributed by atoms with Crippen molar-refractivity contribution in [1.82, 2.24) is 24.8 Å². The molecule has 0 fully saturated rings. The van der Waals surface area contributed by atoms with Gasteiger partial charge in [0.05, 0.1) is 13.3 Å². The minimum Gasteiger partial charge on any atom is -0.453 e. The zero-order chi connectivity index (χ0) is 22.0. The average molecular weight is 420 g/mol. The van der Waals surface area contributed by atoms with Gasteiger partial charge in [-0.3, -0.25) is 9.20 Å². The topological polar surface area (TPSA) is 124 Å². The largest absolute Gasteiger partial charge is 0.453 e. The number of hydrogen-bond acceptors (Lipinski definition) is 7. The van der Waals surface area contributed by atoms with E-state index in [-0.39, 0.29) is 11.8 Å². The lowest BCUT2D eigenvalue weighted by Gasteiger charge is -2.09. The van der Waals surface area contributed by atoms with Crippen molar-refractivity contribution < 1.29 is 18.8 Å². The van der Waals surface area contributed by atoms with Gasteiger partial charge in [0.15, 0.2) is 0 Å². The summed E-state index contributed by atoms with van der Waals surface area (Å²) in [4.78, 5) is 32.8. The molecule has 3 aromatic heterocycles. The van der Waals surface area contributed by atoms with E-state index in [0.29, 0.717) is 28.4 Å². The first-order valence-electron chi connectivity index (χ1n) is 9.49. The molecule has 10 heteroatoms. The number of carbonyl (C=O) groups is 2. The second kappa shape index (κ2) is 8.27. The molecule has 2 N–H and O–H groups in total. The molecule has 2 amide bonds. The van der Waals surface area contributed by atoms with Crippen LogP contribution in [0.2, 0.25) is 0 Å². The molecule has 0 radical (unpaired) electrons. The zero-order valence-electron chi connectivity index (χ0n) is 17.1. The Morgan fingerprint density at radius 3 is 2.87 bits per heavy atom. The number of nitrogens with zero attached hydrogens (tertiary/aromatic N) is 4. The number of alkyl carbamates (subject to hydrolysis) is 1. The summed E-state index contributed by atoms with van der Waals surface area (Å²) in [5, 5.41) is 9.46. The summed E-state index contributed by atoms with van der Waals surface area (Å²) in [6.07, 6.45) is 2.72. The molecule has 4 aromatic rings. The molecule has 0 unspecified atom stereocenters. The van der Waals surface area contributed by atoms with Crippen LogP contribution in [0.5, 0.6) is 0 Å². The van der Waals surface area contributed by atoms with Crippen molar-refractivity contribution in [2.75, 3.05) is 12.4 Å². The van der Waals surface area contributed by atoms with E-state index < -0.39 is 12.1 Å². The van der Waals surface area contributed by atoms with Crippen molar-refractivity contribution in [2.45, 2.75) is 19.9 Å². The second-order valence-electron chi connectivity index (χ2n) is 6.87. The van der Waals surface area contributed by atoms with E-state index in [1.807, 2.05) is 37.3 Å². The number of ether oxygens (including phenoxy) is 1. The molecule has 31 heavy (non-hydrogen) atoms. The van der Waals surface area contributed by atoms with Gasteiger partial charge in [-0.05, 0) is 37.6 Å². The first-order valence-corrected chi connectivity index (χ1v) is 9.49. The average Bonchev–Trinajstić information content (AvgIpc) is 3.43. The number of nitrogens with one attached hydrogen (secondary N) is 2. The highest BCUT2D eigenvalue weighted by molar-refractivity contribution is 6.04. The monoisotopic (exact) mass is 420 g/mol. The minimum atomic E-state index is -0.597. The molecule has 1 atom stereocenters. The van der Waals surface area contributed by atoms with Crippen LogP contribution >= 0.6 is 0 Å². The third-order valence-electron chi connectivity index (χ3n) is 4.73. The molecular formula is C21H20N6O4. The molecule has 3 heterocycles. The van der Waals surface area contributed by atoms with Crippen LogP contribution in [-0.2, 0) is 4.74 Å². The standard InChI is InChI=1S/C21H20N6O4/c1-12-7-8-14(18-25-20(31-26-18)13(2)23-21(29)30-3)10-15(12)24-19(28)16-11-22-17-6-4-5-9-27(16)17/h4-11,13H,1-3H3,(H,23,29)(H,24,28)/t13-/m1/s1. The predicted octanol–water partition coefficient (Wildman–Crippen LogP) is 3.36. The molecule has 0 saturated carbocycles. The number of benzene rings is 1. The van der Waals surface area contributed by atoms with E-state index in [2.05, 4.69) is 30.5 Å². The van der Waals surface area contributed by atoms with E-state index in [9.17, 15) is 9.59 Å². The van der Waals surface area contributed by atoms with Crippen LogP contribution in [0, 0.1) is 6.92 Å². The summed E-state index contributed by atoms with van der Waals surface area (Å²) in [6, 6.07) is 10.4. The van der Waals surface area contributed by atoms with Gasteiger partial charge >= 0.3 is 6.09 Å². The number of rotatable bonds is 5. The summed E-state index contributed by atoms with van der Waals surface area (Å²) in [7, 11) is 1.27. The highest BCUT2D eigenvalue weighted by Crippen LogP contribution is 2.25. The number of imidazole rings is 1. The van der Waals surface area contributed by atoms with Crippen LogP contribution in [-0.4, -0.2) is 38.6 Å². The third kappa shape index (κ3) is 4.08. The molecule has 1 aromatic carbocycles. The smallest absolute Gasteiger partial charge is 0.407 e. The number of aromatic nitrogens is 4. The van der Waals surface area contributed by atoms with Gasteiger partial charge in [0, 0.05) is 17.4 Å². The number of aryl methyl sites for hydroxylation is 1. The van der Waals surface area contributed by atoms with Crippen LogP contribution < -0.4 is 10.6 Å². The molecular weight excluding hydrogens is 400 g/mol. The van der Waals surface area contributed by atoms with Crippen LogP contribution in [0.1, 0.15) is 34.9 Å². The molecule has 0 spiro atoms. The van der Waals surface area contributed by atoms with Crippen molar-refractivity contribution in [2.24, 2.45) is 0 Å². The van der Waals surface area contributed by atoms with Crippen LogP contribution in [0.4, 0.5) is 10.5 Å².